The van der Waals surface area contributed by atoms with E-state index in [-0.39, 0.29) is 0 Å². The van der Waals surface area contributed by atoms with E-state index in [9.17, 15) is 4.79 Å². The first-order valence-electron chi connectivity index (χ1n) is 3.80. The third-order valence-corrected chi connectivity index (χ3v) is 2.26. The minimum Gasteiger partial charge on any atom is -0.478 e. The molecule has 4 N–H and O–H groups in total. The largest absolute Gasteiger partial charge is 0.478 e. The Hall–Kier alpha value is -1.33. The summed E-state index contributed by atoms with van der Waals surface area (Å²) in [6.07, 6.45) is 2.57. The molecule has 74 valence electrons. The van der Waals surface area contributed by atoms with Crippen LogP contribution >= 0.6 is 15.9 Å². The predicted molar refractivity (Wildman–Crippen MR) is 58.6 cm³/mol. The fourth-order valence-electron chi connectivity index (χ4n) is 0.925. The summed E-state index contributed by atoms with van der Waals surface area (Å²) in [6, 6.07) is 5.31. The first-order chi connectivity index (χ1) is 6.63. The van der Waals surface area contributed by atoms with E-state index in [1.807, 2.05) is 0 Å². The quantitative estimate of drug-likeness (QED) is 0.438. The Bertz CT molecular complexity index is 377. The van der Waals surface area contributed by atoms with E-state index in [4.69, 9.17) is 10.9 Å². The molecule has 0 bridgehead atoms. The molecular formula is C9H9BrN2O2. The number of anilines is 1. The third-order valence-electron chi connectivity index (χ3n) is 1.56. The molecule has 14 heavy (non-hydrogen) atoms. The summed E-state index contributed by atoms with van der Waals surface area (Å²) < 4.78 is 0.826. The van der Waals surface area contributed by atoms with Gasteiger partial charge in [0.05, 0.1) is 5.69 Å². The van der Waals surface area contributed by atoms with E-state index in [1.165, 1.54) is 6.08 Å². The van der Waals surface area contributed by atoms with Gasteiger partial charge in [-0.25, -0.2) is 4.79 Å². The van der Waals surface area contributed by atoms with Gasteiger partial charge >= 0.3 is 5.97 Å². The molecule has 0 aliphatic carbocycles. The molecule has 1 aromatic carbocycles. The van der Waals surface area contributed by atoms with Crippen molar-refractivity contribution in [2.75, 3.05) is 5.43 Å². The number of carboxylic acid groups (broad SMARTS) is 1. The van der Waals surface area contributed by atoms with Gasteiger partial charge in [-0.15, -0.1) is 0 Å². The number of rotatable bonds is 3. The molecule has 1 rings (SSSR count). The van der Waals surface area contributed by atoms with Crippen LogP contribution in [0.3, 0.4) is 0 Å². The first kappa shape index (κ1) is 10.7. The molecular weight excluding hydrogens is 248 g/mol. The number of benzene rings is 1. The summed E-state index contributed by atoms with van der Waals surface area (Å²) in [5.74, 6) is 4.28. The Kier molecular flexibility index (Phi) is 3.67. The fourth-order valence-corrected chi connectivity index (χ4v) is 1.29. The zero-order valence-electron chi connectivity index (χ0n) is 7.20. The van der Waals surface area contributed by atoms with Crippen LogP contribution in [0, 0.1) is 0 Å². The van der Waals surface area contributed by atoms with E-state index < -0.39 is 5.97 Å². The van der Waals surface area contributed by atoms with E-state index in [2.05, 4.69) is 21.4 Å². The van der Waals surface area contributed by atoms with Gasteiger partial charge in [0.15, 0.2) is 0 Å². The van der Waals surface area contributed by atoms with Crippen molar-refractivity contribution in [2.45, 2.75) is 0 Å². The second kappa shape index (κ2) is 4.78. The van der Waals surface area contributed by atoms with Crippen molar-refractivity contribution in [2.24, 2.45) is 5.84 Å². The fraction of sp³-hybridized carbons (Fsp3) is 0. The molecule has 5 heteroatoms. The lowest BCUT2D eigenvalue weighted by Gasteiger charge is -2.03. The van der Waals surface area contributed by atoms with Gasteiger partial charge in [-0.2, -0.15) is 0 Å². The molecule has 0 atom stereocenters. The number of carbonyl (C=O) groups is 1. The Labute approximate surface area is 89.5 Å². The SMILES string of the molecule is NNc1cc(/C=C/C(=O)O)ccc1Br. The van der Waals surface area contributed by atoms with E-state index in [0.29, 0.717) is 5.69 Å². The number of hydrogen-bond acceptors (Lipinski definition) is 3. The Morgan fingerprint density at radius 2 is 2.29 bits per heavy atom. The minimum atomic E-state index is -0.977. The van der Waals surface area contributed by atoms with Gasteiger partial charge in [0.1, 0.15) is 0 Å². The molecule has 0 spiro atoms. The molecule has 0 heterocycles. The van der Waals surface area contributed by atoms with Crippen molar-refractivity contribution in [3.05, 3.63) is 34.3 Å². The zero-order chi connectivity index (χ0) is 10.6. The van der Waals surface area contributed by atoms with Crippen LogP contribution in [0.25, 0.3) is 6.08 Å². The van der Waals surface area contributed by atoms with Crippen molar-refractivity contribution in [3.8, 4) is 0 Å². The standard InChI is InChI=1S/C9H9BrN2O2/c10-7-3-1-6(2-4-9(13)14)5-8(7)12-11/h1-5,12H,11H2,(H,13,14)/b4-2+. The normalized spacial score (nSPS) is 10.4. The van der Waals surface area contributed by atoms with Crippen LogP contribution < -0.4 is 11.3 Å². The van der Waals surface area contributed by atoms with Gasteiger partial charge in [-0.05, 0) is 39.7 Å². The number of halogens is 1. The average Bonchev–Trinajstić information content (AvgIpc) is 2.16. The monoisotopic (exact) mass is 256 g/mol. The minimum absolute atomic E-state index is 0.706. The number of nitrogen functional groups attached to an aromatic ring is 1. The van der Waals surface area contributed by atoms with Crippen LogP contribution in [0.1, 0.15) is 5.56 Å². The lowest BCUT2D eigenvalue weighted by atomic mass is 10.2. The molecule has 0 radical (unpaired) electrons. The van der Waals surface area contributed by atoms with Crippen LogP contribution in [0.15, 0.2) is 28.7 Å². The highest BCUT2D eigenvalue weighted by atomic mass is 79.9. The highest BCUT2D eigenvalue weighted by Crippen LogP contribution is 2.22. The lowest BCUT2D eigenvalue weighted by molar-refractivity contribution is -0.131. The third kappa shape index (κ3) is 2.86. The summed E-state index contributed by atoms with van der Waals surface area (Å²) in [7, 11) is 0. The van der Waals surface area contributed by atoms with Gasteiger partial charge in [0, 0.05) is 10.5 Å². The Morgan fingerprint density at radius 1 is 1.57 bits per heavy atom. The number of aliphatic carboxylic acids is 1. The van der Waals surface area contributed by atoms with Crippen molar-refractivity contribution >= 4 is 33.7 Å². The highest BCUT2D eigenvalue weighted by molar-refractivity contribution is 9.10. The molecule has 0 saturated heterocycles. The highest BCUT2D eigenvalue weighted by Gasteiger charge is 1.97. The summed E-state index contributed by atoms with van der Waals surface area (Å²) in [5, 5.41) is 8.42. The van der Waals surface area contributed by atoms with Crippen molar-refractivity contribution in [3.63, 3.8) is 0 Å². The zero-order valence-corrected chi connectivity index (χ0v) is 8.78. The van der Waals surface area contributed by atoms with Crippen LogP contribution in [0.5, 0.6) is 0 Å². The summed E-state index contributed by atoms with van der Waals surface area (Å²) in [6.45, 7) is 0. The van der Waals surface area contributed by atoms with Crippen LogP contribution in [-0.2, 0) is 4.79 Å². The maximum Gasteiger partial charge on any atom is 0.328 e. The van der Waals surface area contributed by atoms with Crippen molar-refractivity contribution in [1.29, 1.82) is 0 Å². The van der Waals surface area contributed by atoms with E-state index in [0.717, 1.165) is 16.1 Å². The number of carboxylic acids is 1. The Morgan fingerprint density at radius 3 is 2.86 bits per heavy atom. The summed E-state index contributed by atoms with van der Waals surface area (Å²) >= 11 is 3.29. The number of hydrazine groups is 1. The molecule has 1 aromatic rings. The topological polar surface area (TPSA) is 75.3 Å². The molecule has 0 amide bonds. The van der Waals surface area contributed by atoms with Crippen molar-refractivity contribution < 1.29 is 9.90 Å². The number of hydrogen-bond donors (Lipinski definition) is 3. The molecule has 0 aliphatic heterocycles. The Balaban J connectivity index is 2.95. The summed E-state index contributed by atoms with van der Waals surface area (Å²) in [4.78, 5) is 10.3. The number of nitrogens with one attached hydrogen (secondary N) is 1. The van der Waals surface area contributed by atoms with Crippen LogP contribution in [-0.4, -0.2) is 11.1 Å². The smallest absolute Gasteiger partial charge is 0.328 e. The first-order valence-corrected chi connectivity index (χ1v) is 4.60. The van der Waals surface area contributed by atoms with Crippen molar-refractivity contribution in [1.82, 2.24) is 0 Å². The second-order valence-electron chi connectivity index (χ2n) is 2.56. The van der Waals surface area contributed by atoms with Gasteiger partial charge in [-0.3, -0.25) is 5.84 Å². The molecule has 0 fully saturated rings. The van der Waals surface area contributed by atoms with Gasteiger partial charge < -0.3 is 10.5 Å². The summed E-state index contributed by atoms with van der Waals surface area (Å²) in [5.41, 5.74) is 3.97. The van der Waals surface area contributed by atoms with E-state index >= 15 is 0 Å². The van der Waals surface area contributed by atoms with Crippen LogP contribution in [0.2, 0.25) is 0 Å². The lowest BCUT2D eigenvalue weighted by Crippen LogP contribution is -2.07. The molecule has 0 unspecified atom stereocenters. The average molecular weight is 257 g/mol. The van der Waals surface area contributed by atoms with Gasteiger partial charge in [-0.1, -0.05) is 6.07 Å². The predicted octanol–water partition coefficient (Wildman–Crippen LogP) is 1.83. The second-order valence-corrected chi connectivity index (χ2v) is 3.41. The maximum atomic E-state index is 10.3. The molecule has 0 aliphatic rings. The maximum absolute atomic E-state index is 10.3. The van der Waals surface area contributed by atoms with Gasteiger partial charge in [0.25, 0.3) is 0 Å². The molecule has 4 nitrogen and oxygen atoms in total. The van der Waals surface area contributed by atoms with Crippen LogP contribution in [0.4, 0.5) is 5.69 Å². The van der Waals surface area contributed by atoms with E-state index in [1.54, 1.807) is 18.2 Å². The molecule has 0 aromatic heterocycles. The van der Waals surface area contributed by atoms with Gasteiger partial charge in [0.2, 0.25) is 0 Å². The molecule has 0 saturated carbocycles. The number of nitrogens with two attached hydrogens (primary N) is 1.